The summed E-state index contributed by atoms with van der Waals surface area (Å²) in [6.45, 7) is 1.62. The second kappa shape index (κ2) is 5.74. The Kier molecular flexibility index (Phi) is 4.27. The van der Waals surface area contributed by atoms with Crippen LogP contribution in [0.5, 0.6) is 0 Å². The molecule has 2 aromatic rings. The Labute approximate surface area is 115 Å². The minimum atomic E-state index is -0.717. The van der Waals surface area contributed by atoms with E-state index in [4.69, 9.17) is 11.6 Å². The minimum absolute atomic E-state index is 0.349. The van der Waals surface area contributed by atoms with Gasteiger partial charge in [-0.15, -0.1) is 0 Å². The molecule has 2 rings (SSSR count). The molecule has 1 nitrogen and oxygen atoms in total. The lowest BCUT2D eigenvalue weighted by molar-refractivity contribution is 0.195. The first-order valence-electron chi connectivity index (χ1n) is 5.48. The fraction of sp³-hybridized carbons (Fsp3) is 0.143. The molecule has 0 amide bonds. The third-order valence-electron chi connectivity index (χ3n) is 2.50. The molecule has 0 bridgehead atoms. The molecule has 0 fully saturated rings. The van der Waals surface area contributed by atoms with Crippen molar-refractivity contribution in [2.45, 2.75) is 22.8 Å². The van der Waals surface area contributed by atoms with Gasteiger partial charge in [0.1, 0.15) is 5.82 Å². The summed E-state index contributed by atoms with van der Waals surface area (Å²) in [5.74, 6) is -0.349. The fourth-order valence-electron chi connectivity index (χ4n) is 1.60. The van der Waals surface area contributed by atoms with E-state index in [1.54, 1.807) is 25.1 Å². The van der Waals surface area contributed by atoms with Crippen molar-refractivity contribution in [2.24, 2.45) is 0 Å². The summed E-state index contributed by atoms with van der Waals surface area (Å²) in [4.78, 5) is 1.19. The molecule has 0 aromatic heterocycles. The van der Waals surface area contributed by atoms with Crippen LogP contribution in [0, 0.1) is 5.82 Å². The molecule has 0 saturated heterocycles. The summed E-state index contributed by atoms with van der Waals surface area (Å²) in [5, 5.41) is 10.2. The number of hydrogen-bond donors (Lipinski definition) is 1. The van der Waals surface area contributed by atoms with Crippen LogP contribution in [0.2, 0.25) is 5.02 Å². The van der Waals surface area contributed by atoms with Crippen LogP contribution in [0.3, 0.4) is 0 Å². The highest BCUT2D eigenvalue weighted by Crippen LogP contribution is 2.38. The highest BCUT2D eigenvalue weighted by molar-refractivity contribution is 7.99. The third-order valence-corrected chi connectivity index (χ3v) is 4.15. The quantitative estimate of drug-likeness (QED) is 0.882. The Bertz CT molecular complexity index is 557. The fourth-order valence-corrected chi connectivity index (χ4v) is 2.91. The van der Waals surface area contributed by atoms with Gasteiger partial charge in [-0.1, -0.05) is 47.6 Å². The van der Waals surface area contributed by atoms with Crippen molar-refractivity contribution < 1.29 is 9.50 Å². The molecule has 94 valence electrons. The first-order valence-corrected chi connectivity index (χ1v) is 6.68. The van der Waals surface area contributed by atoms with Crippen LogP contribution >= 0.6 is 23.4 Å². The minimum Gasteiger partial charge on any atom is -0.389 e. The van der Waals surface area contributed by atoms with Gasteiger partial charge in [-0.3, -0.25) is 0 Å². The third kappa shape index (κ3) is 2.86. The van der Waals surface area contributed by atoms with Gasteiger partial charge < -0.3 is 5.11 Å². The van der Waals surface area contributed by atoms with Crippen LogP contribution in [-0.4, -0.2) is 5.11 Å². The molecule has 0 heterocycles. The van der Waals surface area contributed by atoms with Gasteiger partial charge in [0, 0.05) is 4.90 Å². The molecule has 0 spiro atoms. The first kappa shape index (κ1) is 13.4. The van der Waals surface area contributed by atoms with Gasteiger partial charge in [0.25, 0.3) is 0 Å². The van der Waals surface area contributed by atoms with Gasteiger partial charge in [0.15, 0.2) is 0 Å². The van der Waals surface area contributed by atoms with E-state index in [1.807, 2.05) is 18.2 Å². The Morgan fingerprint density at radius 2 is 1.89 bits per heavy atom. The average molecular weight is 283 g/mol. The van der Waals surface area contributed by atoms with Crippen LogP contribution in [0.1, 0.15) is 18.6 Å². The predicted molar refractivity (Wildman–Crippen MR) is 72.6 cm³/mol. The van der Waals surface area contributed by atoms with E-state index in [0.717, 1.165) is 4.90 Å². The maximum absolute atomic E-state index is 13.9. The van der Waals surface area contributed by atoms with E-state index in [9.17, 15) is 9.50 Å². The van der Waals surface area contributed by atoms with Crippen molar-refractivity contribution in [3.05, 3.63) is 58.9 Å². The molecule has 0 radical (unpaired) electrons. The van der Waals surface area contributed by atoms with E-state index >= 15 is 0 Å². The van der Waals surface area contributed by atoms with Crippen LogP contribution in [0.25, 0.3) is 0 Å². The van der Waals surface area contributed by atoms with Crippen molar-refractivity contribution in [3.8, 4) is 0 Å². The summed E-state index contributed by atoms with van der Waals surface area (Å²) < 4.78 is 13.9. The van der Waals surface area contributed by atoms with Crippen molar-refractivity contribution >= 4 is 23.4 Å². The van der Waals surface area contributed by atoms with Crippen LogP contribution in [-0.2, 0) is 0 Å². The maximum atomic E-state index is 13.9. The van der Waals surface area contributed by atoms with E-state index in [1.165, 1.54) is 17.8 Å². The molecule has 1 N–H and O–H groups in total. The lowest BCUT2D eigenvalue weighted by atomic mass is 10.1. The zero-order valence-corrected chi connectivity index (χ0v) is 11.3. The van der Waals surface area contributed by atoms with Crippen molar-refractivity contribution in [1.29, 1.82) is 0 Å². The molecule has 0 aliphatic heterocycles. The molecule has 0 saturated carbocycles. The maximum Gasteiger partial charge on any atom is 0.137 e. The molecule has 0 aliphatic rings. The van der Waals surface area contributed by atoms with Gasteiger partial charge in [-0.05, 0) is 30.7 Å². The second-order valence-electron chi connectivity index (χ2n) is 3.87. The van der Waals surface area contributed by atoms with Crippen LogP contribution in [0.4, 0.5) is 4.39 Å². The Hall–Kier alpha value is -1.03. The highest BCUT2D eigenvalue weighted by Gasteiger charge is 2.14. The summed E-state index contributed by atoms with van der Waals surface area (Å²) in [6.07, 6.45) is -0.717. The summed E-state index contributed by atoms with van der Waals surface area (Å²) in [7, 11) is 0. The number of aliphatic hydroxyl groups is 1. The highest BCUT2D eigenvalue weighted by atomic mass is 35.5. The van der Waals surface area contributed by atoms with Gasteiger partial charge in [-0.25, -0.2) is 4.39 Å². The number of hydrogen-bond acceptors (Lipinski definition) is 2. The van der Waals surface area contributed by atoms with E-state index in [0.29, 0.717) is 15.5 Å². The normalized spacial score (nSPS) is 12.4. The van der Waals surface area contributed by atoms with Gasteiger partial charge >= 0.3 is 0 Å². The monoisotopic (exact) mass is 282 g/mol. The van der Waals surface area contributed by atoms with Crippen molar-refractivity contribution in [1.82, 2.24) is 0 Å². The zero-order chi connectivity index (χ0) is 13.1. The van der Waals surface area contributed by atoms with E-state index in [2.05, 4.69) is 0 Å². The van der Waals surface area contributed by atoms with Crippen LogP contribution in [0.15, 0.2) is 52.3 Å². The molecule has 18 heavy (non-hydrogen) atoms. The number of aliphatic hydroxyl groups excluding tert-OH is 1. The molecule has 1 atom stereocenters. The first-order chi connectivity index (χ1) is 8.59. The Balaban J connectivity index is 2.43. The van der Waals surface area contributed by atoms with Crippen LogP contribution < -0.4 is 0 Å². The molecular formula is C14H12ClFOS. The van der Waals surface area contributed by atoms with Gasteiger partial charge in [0.05, 0.1) is 16.0 Å². The summed E-state index contributed by atoms with van der Waals surface area (Å²) in [5.41, 5.74) is 0.569. The zero-order valence-electron chi connectivity index (χ0n) is 9.73. The number of halogens is 2. The summed E-state index contributed by atoms with van der Waals surface area (Å²) in [6, 6.07) is 11.9. The number of benzene rings is 2. The molecule has 4 heteroatoms. The summed E-state index contributed by atoms with van der Waals surface area (Å²) >= 11 is 7.28. The van der Waals surface area contributed by atoms with Gasteiger partial charge in [0.2, 0.25) is 0 Å². The molecule has 0 unspecified atom stereocenters. The predicted octanol–water partition coefficient (Wildman–Crippen LogP) is 4.68. The topological polar surface area (TPSA) is 20.2 Å². The Morgan fingerprint density at radius 3 is 2.56 bits per heavy atom. The second-order valence-corrected chi connectivity index (χ2v) is 5.33. The Morgan fingerprint density at radius 1 is 1.17 bits per heavy atom. The average Bonchev–Trinajstić information content (AvgIpc) is 2.34. The van der Waals surface area contributed by atoms with Crippen molar-refractivity contribution in [3.63, 3.8) is 0 Å². The number of rotatable bonds is 3. The van der Waals surface area contributed by atoms with Gasteiger partial charge in [-0.2, -0.15) is 0 Å². The molecular weight excluding hydrogens is 271 g/mol. The lowest BCUT2D eigenvalue weighted by Gasteiger charge is -2.13. The van der Waals surface area contributed by atoms with E-state index < -0.39 is 6.10 Å². The standard InChI is InChI=1S/C14H12ClFOS/c1-9(17)10-5-4-7-12(16)14(10)18-13-8-3-2-6-11(13)15/h2-9,17H,1H3/t9-/m1/s1. The van der Waals surface area contributed by atoms with E-state index in [-0.39, 0.29) is 5.82 Å². The SMILES string of the molecule is C[C@@H](O)c1cccc(F)c1Sc1ccccc1Cl. The smallest absolute Gasteiger partial charge is 0.137 e. The molecule has 2 aromatic carbocycles. The largest absolute Gasteiger partial charge is 0.389 e. The van der Waals surface area contributed by atoms with Crippen molar-refractivity contribution in [2.75, 3.05) is 0 Å². The lowest BCUT2D eigenvalue weighted by Crippen LogP contribution is -1.96. The molecule has 0 aliphatic carbocycles.